The molecule has 0 unspecified atom stereocenters. The van der Waals surface area contributed by atoms with Crippen molar-refractivity contribution in [2.75, 3.05) is 13.1 Å². The van der Waals surface area contributed by atoms with Crippen molar-refractivity contribution < 1.29 is 8.81 Å². The molecule has 0 amide bonds. The van der Waals surface area contributed by atoms with Gasteiger partial charge in [0.2, 0.25) is 0 Å². The number of aliphatic imine (C=N–C) groups is 1. The molecule has 1 aliphatic rings. The van der Waals surface area contributed by atoms with Crippen molar-refractivity contribution in [3.05, 3.63) is 60.1 Å². The van der Waals surface area contributed by atoms with Gasteiger partial charge in [0.05, 0.1) is 6.54 Å². The molecule has 1 N–H and O–H groups in total. The van der Waals surface area contributed by atoms with Crippen LogP contribution in [-0.4, -0.2) is 18.9 Å². The first-order valence-electron chi connectivity index (χ1n) is 6.88. The van der Waals surface area contributed by atoms with Gasteiger partial charge in [0.15, 0.2) is 11.6 Å². The lowest BCUT2D eigenvalue weighted by molar-refractivity contribution is 0.602. The summed E-state index contributed by atoms with van der Waals surface area (Å²) in [7, 11) is 0. The molecule has 0 saturated heterocycles. The summed E-state index contributed by atoms with van der Waals surface area (Å²) in [5.74, 6) is 1.32. The molecule has 4 heteroatoms. The Bertz CT molecular complexity index is 851. The fourth-order valence-electron chi connectivity index (χ4n) is 2.57. The first kappa shape index (κ1) is 12.1. The number of hydrogen-bond acceptors (Lipinski definition) is 3. The van der Waals surface area contributed by atoms with Gasteiger partial charge in [-0.15, -0.1) is 0 Å². The molecule has 1 aliphatic heterocycles. The van der Waals surface area contributed by atoms with E-state index >= 15 is 0 Å². The van der Waals surface area contributed by atoms with Gasteiger partial charge in [-0.1, -0.05) is 18.2 Å². The van der Waals surface area contributed by atoms with Gasteiger partial charge >= 0.3 is 0 Å². The zero-order chi connectivity index (χ0) is 14.2. The number of hydrogen-bond donors (Lipinski definition) is 1. The number of nitrogens with zero attached hydrogens (tertiary/aromatic N) is 1. The number of halogens is 1. The Kier molecular flexibility index (Phi) is 2.74. The lowest BCUT2D eigenvalue weighted by Gasteiger charge is -2.01. The first-order chi connectivity index (χ1) is 10.3. The topological polar surface area (TPSA) is 37.5 Å². The normalized spacial score (nSPS) is 14.2. The van der Waals surface area contributed by atoms with E-state index in [4.69, 9.17) is 4.42 Å². The first-order valence-corrected chi connectivity index (χ1v) is 6.88. The van der Waals surface area contributed by atoms with E-state index in [1.807, 2.05) is 30.3 Å². The third-order valence-corrected chi connectivity index (χ3v) is 3.58. The van der Waals surface area contributed by atoms with E-state index in [9.17, 15) is 4.39 Å². The van der Waals surface area contributed by atoms with Gasteiger partial charge in [0, 0.05) is 11.9 Å². The summed E-state index contributed by atoms with van der Waals surface area (Å²) in [6, 6.07) is 14.4. The molecule has 4 rings (SSSR count). The molecule has 21 heavy (non-hydrogen) atoms. The molecule has 1 aromatic heterocycles. The summed E-state index contributed by atoms with van der Waals surface area (Å²) in [5, 5.41) is 4.18. The zero-order valence-electron chi connectivity index (χ0n) is 11.3. The third kappa shape index (κ3) is 2.18. The smallest absolute Gasteiger partial charge is 0.170 e. The van der Waals surface area contributed by atoms with Crippen LogP contribution in [0.2, 0.25) is 0 Å². The SMILES string of the molecule is Fc1cccc(-c2ccc3oc(C4=NCCN4)cc3c2)c1. The number of nitrogens with one attached hydrogen (secondary N) is 1. The van der Waals surface area contributed by atoms with Gasteiger partial charge in [0.25, 0.3) is 0 Å². The molecular formula is C17H13FN2O. The maximum Gasteiger partial charge on any atom is 0.170 e. The van der Waals surface area contributed by atoms with E-state index in [-0.39, 0.29) is 5.82 Å². The lowest BCUT2D eigenvalue weighted by Crippen LogP contribution is -2.18. The lowest BCUT2D eigenvalue weighted by atomic mass is 10.0. The van der Waals surface area contributed by atoms with Crippen LogP contribution in [0.25, 0.3) is 22.1 Å². The highest BCUT2D eigenvalue weighted by Gasteiger charge is 2.13. The minimum absolute atomic E-state index is 0.231. The molecule has 3 nitrogen and oxygen atoms in total. The average Bonchev–Trinajstić information content (AvgIpc) is 3.15. The summed E-state index contributed by atoms with van der Waals surface area (Å²) >= 11 is 0. The number of furan rings is 1. The van der Waals surface area contributed by atoms with Gasteiger partial charge in [-0.2, -0.15) is 0 Å². The van der Waals surface area contributed by atoms with E-state index < -0.39 is 0 Å². The maximum absolute atomic E-state index is 13.3. The molecule has 0 saturated carbocycles. The van der Waals surface area contributed by atoms with E-state index in [2.05, 4.69) is 10.3 Å². The second-order valence-electron chi connectivity index (χ2n) is 5.03. The largest absolute Gasteiger partial charge is 0.453 e. The molecule has 0 fully saturated rings. The number of rotatable bonds is 2. The van der Waals surface area contributed by atoms with Gasteiger partial charge in [-0.25, -0.2) is 4.39 Å². The summed E-state index contributed by atoms with van der Waals surface area (Å²) < 4.78 is 19.1. The van der Waals surface area contributed by atoms with E-state index in [1.165, 1.54) is 12.1 Å². The molecule has 3 aromatic rings. The molecule has 2 aromatic carbocycles. The maximum atomic E-state index is 13.3. The number of amidine groups is 1. The van der Waals surface area contributed by atoms with Crippen molar-refractivity contribution >= 4 is 16.8 Å². The van der Waals surface area contributed by atoms with Crippen LogP contribution in [0.4, 0.5) is 4.39 Å². The fraction of sp³-hybridized carbons (Fsp3) is 0.118. The third-order valence-electron chi connectivity index (χ3n) is 3.58. The molecule has 0 atom stereocenters. The molecule has 104 valence electrons. The monoisotopic (exact) mass is 280 g/mol. The summed E-state index contributed by atoms with van der Waals surface area (Å²) in [4.78, 5) is 4.36. The molecule has 0 bridgehead atoms. The van der Waals surface area contributed by atoms with Crippen LogP contribution in [-0.2, 0) is 0 Å². The van der Waals surface area contributed by atoms with Crippen LogP contribution in [0.15, 0.2) is 57.9 Å². The Morgan fingerprint density at radius 1 is 1.05 bits per heavy atom. The molecule has 0 radical (unpaired) electrons. The quantitative estimate of drug-likeness (QED) is 0.779. The number of benzene rings is 2. The zero-order valence-corrected chi connectivity index (χ0v) is 11.3. The Balaban J connectivity index is 1.79. The molecular weight excluding hydrogens is 267 g/mol. The van der Waals surface area contributed by atoms with Crippen molar-refractivity contribution in [2.24, 2.45) is 4.99 Å². The molecule has 0 spiro atoms. The van der Waals surface area contributed by atoms with Crippen molar-refractivity contribution in [3.63, 3.8) is 0 Å². The van der Waals surface area contributed by atoms with E-state index in [0.29, 0.717) is 0 Å². The number of fused-ring (bicyclic) bond motifs is 1. The van der Waals surface area contributed by atoms with Gasteiger partial charge in [0.1, 0.15) is 11.4 Å². The van der Waals surface area contributed by atoms with Crippen molar-refractivity contribution in [1.82, 2.24) is 5.32 Å². The summed E-state index contributed by atoms with van der Waals surface area (Å²) in [6.45, 7) is 1.63. The van der Waals surface area contributed by atoms with Crippen LogP contribution in [0.1, 0.15) is 5.76 Å². The average molecular weight is 280 g/mol. The van der Waals surface area contributed by atoms with Gasteiger partial charge in [-0.3, -0.25) is 4.99 Å². The highest BCUT2D eigenvalue weighted by Crippen LogP contribution is 2.27. The van der Waals surface area contributed by atoms with E-state index in [1.54, 1.807) is 6.07 Å². The molecule has 0 aliphatic carbocycles. The van der Waals surface area contributed by atoms with Crippen LogP contribution < -0.4 is 5.32 Å². The van der Waals surface area contributed by atoms with Crippen LogP contribution in [0.3, 0.4) is 0 Å². The minimum atomic E-state index is -0.231. The summed E-state index contributed by atoms with van der Waals surface area (Å²) in [5.41, 5.74) is 2.63. The van der Waals surface area contributed by atoms with Crippen molar-refractivity contribution in [1.29, 1.82) is 0 Å². The van der Waals surface area contributed by atoms with Crippen LogP contribution in [0, 0.1) is 5.82 Å². The Morgan fingerprint density at radius 2 is 1.95 bits per heavy atom. The van der Waals surface area contributed by atoms with Gasteiger partial charge < -0.3 is 9.73 Å². The highest BCUT2D eigenvalue weighted by molar-refractivity contribution is 6.01. The predicted octanol–water partition coefficient (Wildman–Crippen LogP) is 3.59. The Labute approximate surface area is 121 Å². The molecule has 2 heterocycles. The van der Waals surface area contributed by atoms with Gasteiger partial charge in [-0.05, 0) is 41.5 Å². The van der Waals surface area contributed by atoms with E-state index in [0.717, 1.165) is 46.8 Å². The van der Waals surface area contributed by atoms with Crippen molar-refractivity contribution in [2.45, 2.75) is 0 Å². The highest BCUT2D eigenvalue weighted by atomic mass is 19.1. The Hall–Kier alpha value is -2.62. The van der Waals surface area contributed by atoms with Crippen LogP contribution >= 0.6 is 0 Å². The standard InChI is InChI=1S/C17H13FN2O/c18-14-3-1-2-11(9-14)12-4-5-15-13(8-12)10-16(21-15)17-19-6-7-20-17/h1-5,8-10H,6-7H2,(H,19,20). The van der Waals surface area contributed by atoms with Crippen LogP contribution in [0.5, 0.6) is 0 Å². The fourth-order valence-corrected chi connectivity index (χ4v) is 2.57. The van der Waals surface area contributed by atoms with Crippen molar-refractivity contribution in [3.8, 4) is 11.1 Å². The second kappa shape index (κ2) is 4.74. The minimum Gasteiger partial charge on any atom is -0.453 e. The second-order valence-corrected chi connectivity index (χ2v) is 5.03. The predicted molar refractivity (Wildman–Crippen MR) is 81.0 cm³/mol. The Morgan fingerprint density at radius 3 is 2.76 bits per heavy atom. The summed E-state index contributed by atoms with van der Waals surface area (Å²) in [6.07, 6.45) is 0.